The lowest BCUT2D eigenvalue weighted by Crippen LogP contribution is -2.51. The quantitative estimate of drug-likeness (QED) is 0.258. The average Bonchev–Trinajstić information content (AvgIpc) is 3.22. The van der Waals surface area contributed by atoms with Crippen molar-refractivity contribution in [2.24, 2.45) is 4.99 Å². The molecule has 178 valence electrons. The number of benzene rings is 1. The zero-order valence-corrected chi connectivity index (χ0v) is 20.7. The number of fused-ring (bicyclic) bond motifs is 1. The number of ether oxygens (including phenoxy) is 1. The predicted molar refractivity (Wildman–Crippen MR) is 135 cm³/mol. The first kappa shape index (κ1) is 24.9. The Bertz CT molecular complexity index is 1040. The number of nitrogens with one attached hydrogen (secondary N) is 2. The summed E-state index contributed by atoms with van der Waals surface area (Å²) in [5.74, 6) is 1.80. The lowest BCUT2D eigenvalue weighted by atomic mass is 10.0. The Labute approximate surface area is 208 Å². The largest absolute Gasteiger partial charge is 0.435 e. The van der Waals surface area contributed by atoms with Crippen molar-refractivity contribution in [2.45, 2.75) is 31.9 Å². The highest BCUT2D eigenvalue weighted by atomic mass is 127. The summed E-state index contributed by atoms with van der Waals surface area (Å²) in [6.07, 6.45) is 4.73. The van der Waals surface area contributed by atoms with Gasteiger partial charge in [-0.3, -0.25) is 9.39 Å². The fourth-order valence-corrected chi connectivity index (χ4v) is 3.91. The van der Waals surface area contributed by atoms with Gasteiger partial charge in [-0.25, -0.2) is 0 Å². The first-order valence-electron chi connectivity index (χ1n) is 10.7. The molecule has 2 N–H and O–H groups in total. The molecule has 11 heteroatoms. The summed E-state index contributed by atoms with van der Waals surface area (Å²) in [7, 11) is 1.75. The van der Waals surface area contributed by atoms with E-state index in [9.17, 15) is 8.78 Å². The summed E-state index contributed by atoms with van der Waals surface area (Å²) < 4.78 is 31.1. The highest BCUT2D eigenvalue weighted by molar-refractivity contribution is 14.0. The van der Waals surface area contributed by atoms with Crippen LogP contribution < -0.4 is 20.3 Å². The van der Waals surface area contributed by atoms with Gasteiger partial charge in [0, 0.05) is 51.0 Å². The molecule has 1 fully saturated rings. The van der Waals surface area contributed by atoms with Gasteiger partial charge in [-0.15, -0.1) is 34.2 Å². The molecule has 2 aromatic heterocycles. The maximum absolute atomic E-state index is 12.4. The minimum absolute atomic E-state index is 0. The number of hydrogen-bond donors (Lipinski definition) is 2. The zero-order chi connectivity index (χ0) is 22.3. The van der Waals surface area contributed by atoms with E-state index in [1.54, 1.807) is 19.2 Å². The topological polar surface area (TPSA) is 79.1 Å². The molecule has 0 amide bonds. The minimum atomic E-state index is -2.81. The van der Waals surface area contributed by atoms with Gasteiger partial charge in [-0.05, 0) is 49.2 Å². The Morgan fingerprint density at radius 1 is 1.21 bits per heavy atom. The van der Waals surface area contributed by atoms with Crippen LogP contribution >= 0.6 is 24.0 Å². The molecule has 3 aromatic rings. The minimum Gasteiger partial charge on any atom is -0.435 e. The normalized spacial score (nSPS) is 16.5. The maximum Gasteiger partial charge on any atom is 0.387 e. The van der Waals surface area contributed by atoms with Crippen LogP contribution in [0.4, 0.5) is 14.5 Å². The molecular formula is C22H28F2IN7O. The SMILES string of the molecule is CN=C(NCCc1nnc2ccccn12)NC1CCCN(c2ccc(OC(F)F)cc2)C1.I. The Morgan fingerprint density at radius 3 is 2.79 bits per heavy atom. The molecule has 0 radical (unpaired) electrons. The van der Waals surface area contributed by atoms with Crippen LogP contribution in [0.1, 0.15) is 18.7 Å². The summed E-state index contributed by atoms with van der Waals surface area (Å²) in [5, 5.41) is 15.3. The third-order valence-corrected chi connectivity index (χ3v) is 5.44. The molecular weight excluding hydrogens is 543 g/mol. The van der Waals surface area contributed by atoms with Crippen LogP contribution in [-0.2, 0) is 6.42 Å². The average molecular weight is 571 g/mol. The Kier molecular flexibility index (Phi) is 9.03. The van der Waals surface area contributed by atoms with Gasteiger partial charge < -0.3 is 20.3 Å². The number of hydrogen-bond acceptors (Lipinski definition) is 5. The summed E-state index contributed by atoms with van der Waals surface area (Å²) in [5.41, 5.74) is 1.82. The monoisotopic (exact) mass is 571 g/mol. The molecule has 1 unspecified atom stereocenters. The van der Waals surface area contributed by atoms with E-state index in [0.717, 1.165) is 55.5 Å². The van der Waals surface area contributed by atoms with Gasteiger partial charge in [-0.1, -0.05) is 6.07 Å². The first-order valence-corrected chi connectivity index (χ1v) is 10.7. The molecule has 8 nitrogen and oxygen atoms in total. The van der Waals surface area contributed by atoms with Gasteiger partial charge in [-0.2, -0.15) is 8.78 Å². The highest BCUT2D eigenvalue weighted by Crippen LogP contribution is 2.23. The number of aromatic nitrogens is 3. The molecule has 1 aliphatic rings. The molecule has 1 aliphatic heterocycles. The van der Waals surface area contributed by atoms with Gasteiger partial charge in [0.1, 0.15) is 11.6 Å². The maximum atomic E-state index is 12.4. The van der Waals surface area contributed by atoms with Crippen molar-refractivity contribution in [2.75, 3.05) is 31.6 Å². The van der Waals surface area contributed by atoms with Gasteiger partial charge in [0.2, 0.25) is 0 Å². The first-order chi connectivity index (χ1) is 15.6. The molecule has 1 saturated heterocycles. The summed E-state index contributed by atoms with van der Waals surface area (Å²) >= 11 is 0. The standard InChI is InChI=1S/C22H27F2N7O.HI/c1-25-22(26-12-11-20-29-28-19-6-2-3-14-31(19)20)27-16-5-4-13-30(15-16)17-7-9-18(10-8-17)32-21(23)24;/h2-3,6-10,14,16,21H,4-5,11-13,15H2,1H3,(H2,25,26,27);1H. The van der Waals surface area contributed by atoms with Gasteiger partial charge in [0.25, 0.3) is 0 Å². The van der Waals surface area contributed by atoms with E-state index < -0.39 is 6.61 Å². The number of aliphatic imine (C=N–C) groups is 1. The molecule has 0 aliphatic carbocycles. The Balaban J connectivity index is 0.00000306. The summed E-state index contributed by atoms with van der Waals surface area (Å²) in [4.78, 5) is 6.58. The van der Waals surface area contributed by atoms with Crippen LogP contribution in [0.5, 0.6) is 5.75 Å². The molecule has 3 heterocycles. The van der Waals surface area contributed by atoms with Crippen LogP contribution in [0, 0.1) is 0 Å². The van der Waals surface area contributed by atoms with Crippen LogP contribution in [0.25, 0.3) is 5.65 Å². The third kappa shape index (κ3) is 6.65. The van der Waals surface area contributed by atoms with Crippen molar-refractivity contribution in [3.8, 4) is 5.75 Å². The molecule has 4 rings (SSSR count). The Morgan fingerprint density at radius 2 is 2.03 bits per heavy atom. The van der Waals surface area contributed by atoms with Gasteiger partial charge in [0.05, 0.1) is 0 Å². The number of pyridine rings is 1. The molecule has 33 heavy (non-hydrogen) atoms. The molecule has 0 saturated carbocycles. The van der Waals surface area contributed by atoms with E-state index in [1.807, 2.05) is 40.9 Å². The lowest BCUT2D eigenvalue weighted by molar-refractivity contribution is -0.0498. The predicted octanol–water partition coefficient (Wildman–Crippen LogP) is 3.33. The van der Waals surface area contributed by atoms with Gasteiger partial charge >= 0.3 is 6.61 Å². The second-order valence-corrected chi connectivity index (χ2v) is 7.60. The van der Waals surface area contributed by atoms with E-state index >= 15 is 0 Å². The number of nitrogens with zero attached hydrogens (tertiary/aromatic N) is 5. The van der Waals surface area contributed by atoms with Crippen molar-refractivity contribution in [3.63, 3.8) is 0 Å². The smallest absolute Gasteiger partial charge is 0.387 e. The number of rotatable bonds is 7. The van der Waals surface area contributed by atoms with Crippen molar-refractivity contribution in [1.29, 1.82) is 0 Å². The number of guanidine groups is 1. The fourth-order valence-electron chi connectivity index (χ4n) is 3.91. The highest BCUT2D eigenvalue weighted by Gasteiger charge is 2.21. The second kappa shape index (κ2) is 12.0. The van der Waals surface area contributed by atoms with Crippen molar-refractivity contribution in [1.82, 2.24) is 25.2 Å². The van der Waals surface area contributed by atoms with E-state index in [1.165, 1.54) is 0 Å². The van der Waals surface area contributed by atoms with Crippen molar-refractivity contribution < 1.29 is 13.5 Å². The van der Waals surface area contributed by atoms with E-state index in [-0.39, 0.29) is 35.8 Å². The van der Waals surface area contributed by atoms with Crippen molar-refractivity contribution >= 4 is 41.3 Å². The zero-order valence-electron chi connectivity index (χ0n) is 18.3. The van der Waals surface area contributed by atoms with E-state index in [2.05, 4.69) is 35.5 Å². The summed E-state index contributed by atoms with van der Waals surface area (Å²) in [6.45, 7) is -0.423. The van der Waals surface area contributed by atoms with Gasteiger partial charge in [0.15, 0.2) is 11.6 Å². The number of anilines is 1. The number of alkyl halides is 2. The van der Waals surface area contributed by atoms with Crippen LogP contribution in [0.15, 0.2) is 53.7 Å². The third-order valence-electron chi connectivity index (χ3n) is 5.44. The number of piperidine rings is 1. The van der Waals surface area contributed by atoms with E-state index in [4.69, 9.17) is 0 Å². The summed E-state index contributed by atoms with van der Waals surface area (Å²) in [6, 6.07) is 12.8. The molecule has 0 bridgehead atoms. The number of halogens is 3. The second-order valence-electron chi connectivity index (χ2n) is 7.60. The molecule has 1 aromatic carbocycles. The van der Waals surface area contributed by atoms with Crippen LogP contribution in [0.3, 0.4) is 0 Å². The fraction of sp³-hybridized carbons (Fsp3) is 0.409. The molecule has 0 spiro atoms. The van der Waals surface area contributed by atoms with Crippen molar-refractivity contribution in [3.05, 3.63) is 54.5 Å². The lowest BCUT2D eigenvalue weighted by Gasteiger charge is -2.35. The Hall–Kier alpha value is -2.70. The van der Waals surface area contributed by atoms with Crippen LogP contribution in [0.2, 0.25) is 0 Å². The van der Waals surface area contributed by atoms with Crippen LogP contribution in [-0.4, -0.2) is 59.9 Å². The molecule has 1 atom stereocenters. The van der Waals surface area contributed by atoms with E-state index in [0.29, 0.717) is 6.54 Å².